The Morgan fingerprint density at radius 2 is 1.66 bits per heavy atom. The number of carboxylic acid groups (broad SMARTS) is 1. The molecule has 2 unspecified atom stereocenters. The number of fused-ring (bicyclic) bond motifs is 3. The van der Waals surface area contributed by atoms with Gasteiger partial charge in [-0.1, -0.05) is 30.3 Å². The first-order chi connectivity index (χ1) is 23.8. The van der Waals surface area contributed by atoms with Crippen LogP contribution in [0.2, 0.25) is 0 Å². The van der Waals surface area contributed by atoms with E-state index in [0.29, 0.717) is 48.5 Å². The lowest BCUT2D eigenvalue weighted by Gasteiger charge is -2.43. The Morgan fingerprint density at radius 1 is 1.02 bits per heavy atom. The summed E-state index contributed by atoms with van der Waals surface area (Å²) in [5.41, 5.74) is -2.43. The minimum atomic E-state index is -5.08. The minimum Gasteiger partial charge on any atom is -0.493 e. The van der Waals surface area contributed by atoms with Crippen LogP contribution >= 0.6 is 0 Å². The summed E-state index contributed by atoms with van der Waals surface area (Å²) in [6.45, 7) is -0.582. The van der Waals surface area contributed by atoms with Crippen molar-refractivity contribution >= 4 is 28.6 Å². The van der Waals surface area contributed by atoms with E-state index in [9.17, 15) is 20.0 Å². The van der Waals surface area contributed by atoms with E-state index in [1.165, 1.54) is 43.2 Å². The number of nitrogens with zero attached hydrogens (tertiary/aromatic N) is 3. The number of alkyl halides is 3. The van der Waals surface area contributed by atoms with Crippen LogP contribution in [0.4, 0.5) is 18.9 Å². The van der Waals surface area contributed by atoms with E-state index in [0.717, 1.165) is 17.7 Å². The molecule has 0 saturated carbocycles. The number of nitro groups is 1. The molecular formula is C36H36F3N3O8. The topological polar surface area (TPSA) is 137 Å². The molecule has 50 heavy (non-hydrogen) atoms. The first-order valence-electron chi connectivity index (χ1n) is 16.0. The average molecular weight is 696 g/mol. The van der Waals surface area contributed by atoms with Crippen LogP contribution < -0.4 is 14.2 Å². The lowest BCUT2D eigenvalue weighted by molar-refractivity contribution is -0.384. The smallest absolute Gasteiger partial charge is 0.422 e. The van der Waals surface area contributed by atoms with Crippen molar-refractivity contribution in [2.24, 2.45) is 0 Å². The number of aliphatic hydroxyl groups is 1. The van der Waals surface area contributed by atoms with Crippen molar-refractivity contribution in [3.8, 4) is 17.2 Å². The molecule has 4 aromatic rings. The van der Waals surface area contributed by atoms with Gasteiger partial charge in [0, 0.05) is 60.5 Å². The Kier molecular flexibility index (Phi) is 9.51. The average Bonchev–Trinajstić information content (AvgIpc) is 3.55. The van der Waals surface area contributed by atoms with Gasteiger partial charge in [0.2, 0.25) is 11.4 Å². The molecule has 2 aliphatic rings. The van der Waals surface area contributed by atoms with Crippen molar-refractivity contribution < 1.29 is 47.3 Å². The molecule has 2 N–H and O–H groups in total. The van der Waals surface area contributed by atoms with Gasteiger partial charge in [0.25, 0.3) is 5.69 Å². The molecule has 2 aliphatic heterocycles. The maximum absolute atomic E-state index is 15.2. The number of ether oxygens (including phenoxy) is 3. The molecule has 3 heterocycles. The number of non-ortho nitro benzene ring substituents is 1. The molecule has 3 aromatic carbocycles. The number of hydrogen-bond acceptors (Lipinski definition) is 8. The number of carbonyl (C=O) groups is 1. The number of halogens is 3. The first-order valence-corrected chi connectivity index (χ1v) is 16.0. The van der Waals surface area contributed by atoms with Crippen LogP contribution in [-0.2, 0) is 16.9 Å². The van der Waals surface area contributed by atoms with Crippen LogP contribution in [0.15, 0.2) is 72.9 Å². The van der Waals surface area contributed by atoms with Gasteiger partial charge < -0.3 is 29.0 Å². The highest BCUT2D eigenvalue weighted by Gasteiger charge is 2.59. The summed E-state index contributed by atoms with van der Waals surface area (Å²) in [4.78, 5) is 23.7. The minimum absolute atomic E-state index is 0.0813. The lowest BCUT2D eigenvalue weighted by atomic mass is 9.89. The number of nitro benzene ring substituents is 1. The third-order valence-electron chi connectivity index (χ3n) is 9.63. The van der Waals surface area contributed by atoms with Crippen molar-refractivity contribution in [2.75, 3.05) is 20.8 Å². The van der Waals surface area contributed by atoms with E-state index >= 15 is 13.2 Å². The van der Waals surface area contributed by atoms with E-state index in [1.54, 1.807) is 41.3 Å². The van der Waals surface area contributed by atoms with Crippen LogP contribution in [0.3, 0.4) is 0 Å². The van der Waals surface area contributed by atoms with Gasteiger partial charge in [0.1, 0.15) is 6.10 Å². The first kappa shape index (κ1) is 34.8. The third-order valence-corrected chi connectivity index (χ3v) is 9.63. The Labute approximate surface area is 285 Å². The number of benzene rings is 3. The SMILES string of the molecule is COc1cc(C=CC(=O)O)cc(OC)c1OC1C[C@H]2CC[C@@H](C1)N2CC(O)(c1cn(Cc2ccccc2)c2cc([N+](=O)[O-])ccc12)C(F)(F)F. The largest absolute Gasteiger partial charge is 0.493 e. The van der Waals surface area contributed by atoms with Gasteiger partial charge in [-0.2, -0.15) is 13.2 Å². The zero-order chi connectivity index (χ0) is 35.8. The molecule has 264 valence electrons. The Balaban J connectivity index is 1.30. The highest BCUT2D eigenvalue weighted by molar-refractivity contribution is 5.87. The summed E-state index contributed by atoms with van der Waals surface area (Å²) in [6.07, 6.45) is 0.109. The zero-order valence-corrected chi connectivity index (χ0v) is 27.3. The number of piperidine rings is 1. The number of aromatic nitrogens is 1. The number of hydrogen-bond donors (Lipinski definition) is 2. The van der Waals surface area contributed by atoms with E-state index in [2.05, 4.69) is 0 Å². The summed E-state index contributed by atoms with van der Waals surface area (Å²) in [5, 5.41) is 32.5. The van der Waals surface area contributed by atoms with Crippen LogP contribution in [0, 0.1) is 10.1 Å². The predicted molar refractivity (Wildman–Crippen MR) is 177 cm³/mol. The molecule has 0 amide bonds. The van der Waals surface area contributed by atoms with E-state index in [-0.39, 0.29) is 40.8 Å². The lowest BCUT2D eigenvalue weighted by Crippen LogP contribution is -2.56. The van der Waals surface area contributed by atoms with E-state index < -0.39 is 35.3 Å². The van der Waals surface area contributed by atoms with E-state index in [4.69, 9.17) is 19.3 Å². The predicted octanol–water partition coefficient (Wildman–Crippen LogP) is 6.54. The molecule has 2 bridgehead atoms. The highest BCUT2D eigenvalue weighted by atomic mass is 19.4. The normalized spacial score (nSPS) is 20.6. The fourth-order valence-corrected chi connectivity index (χ4v) is 7.25. The van der Waals surface area contributed by atoms with Crippen molar-refractivity contribution in [1.82, 2.24) is 9.47 Å². The second-order valence-electron chi connectivity index (χ2n) is 12.7. The third kappa shape index (κ3) is 6.72. The van der Waals surface area contributed by atoms with Crippen LogP contribution in [-0.4, -0.2) is 75.7 Å². The van der Waals surface area contributed by atoms with E-state index in [1.807, 2.05) is 6.07 Å². The molecule has 2 saturated heterocycles. The summed E-state index contributed by atoms with van der Waals surface area (Å²) in [5.74, 6) is -0.206. The number of methoxy groups -OCH3 is 2. The Hall–Kier alpha value is -5.08. The van der Waals surface area contributed by atoms with Gasteiger partial charge >= 0.3 is 12.1 Å². The van der Waals surface area contributed by atoms with Crippen LogP contribution in [0.1, 0.15) is 42.4 Å². The zero-order valence-electron chi connectivity index (χ0n) is 27.3. The van der Waals surface area contributed by atoms with Crippen LogP contribution in [0.25, 0.3) is 17.0 Å². The Bertz CT molecular complexity index is 1890. The quantitative estimate of drug-likeness (QED) is 0.0962. The molecule has 2 fully saturated rings. The Morgan fingerprint density at radius 3 is 2.22 bits per heavy atom. The highest BCUT2D eigenvalue weighted by Crippen LogP contribution is 2.48. The number of aliphatic carboxylic acids is 1. The van der Waals surface area contributed by atoms with Gasteiger partial charge in [0.15, 0.2) is 11.5 Å². The standard InChI is InChI=1S/C36H36F3N3O8/c1-48-31-14-23(8-13-33(43)44)15-32(49-2)34(31)50-27-16-24-9-10-25(17-27)41(24)21-35(45,36(37,38)39)29-20-40(19-22-6-4-3-5-7-22)30-18-26(42(46)47)11-12-28(29)30/h3-8,11-15,18,20,24-25,27,45H,9-10,16-17,19,21H2,1-2H3,(H,43,44)/t24-,25+,27?,35?. The fourth-order valence-electron chi connectivity index (χ4n) is 7.25. The molecule has 11 nitrogen and oxygen atoms in total. The summed E-state index contributed by atoms with van der Waals surface area (Å²) < 4.78 is 64.4. The summed E-state index contributed by atoms with van der Waals surface area (Å²) >= 11 is 0. The molecule has 4 atom stereocenters. The van der Waals surface area contributed by atoms with Crippen molar-refractivity contribution in [1.29, 1.82) is 0 Å². The van der Waals surface area contributed by atoms with Crippen molar-refractivity contribution in [3.05, 3.63) is 99.7 Å². The van der Waals surface area contributed by atoms with Gasteiger partial charge in [-0.05, 0) is 61.1 Å². The van der Waals surface area contributed by atoms with Gasteiger partial charge in [0.05, 0.1) is 24.7 Å². The molecule has 0 radical (unpaired) electrons. The summed E-state index contributed by atoms with van der Waals surface area (Å²) in [6, 6.07) is 15.2. The molecule has 6 rings (SSSR count). The second-order valence-corrected chi connectivity index (χ2v) is 12.7. The summed E-state index contributed by atoms with van der Waals surface area (Å²) in [7, 11) is 2.87. The van der Waals surface area contributed by atoms with Gasteiger partial charge in [-0.15, -0.1) is 0 Å². The molecule has 0 aliphatic carbocycles. The fraction of sp³-hybridized carbons (Fsp3) is 0.361. The molecule has 1 aromatic heterocycles. The molecular weight excluding hydrogens is 659 g/mol. The monoisotopic (exact) mass is 695 g/mol. The maximum Gasteiger partial charge on any atom is 0.422 e. The van der Waals surface area contributed by atoms with Crippen LogP contribution in [0.5, 0.6) is 17.2 Å². The molecule has 14 heteroatoms. The van der Waals surface area contributed by atoms with Crippen molar-refractivity contribution in [2.45, 2.75) is 62.2 Å². The molecule has 0 spiro atoms. The maximum atomic E-state index is 15.2. The second kappa shape index (κ2) is 13.7. The number of rotatable bonds is 12. The van der Waals surface area contributed by atoms with Crippen molar-refractivity contribution in [3.63, 3.8) is 0 Å². The van der Waals surface area contributed by atoms with Gasteiger partial charge in [-0.3, -0.25) is 15.0 Å². The number of carboxylic acids is 1. The van der Waals surface area contributed by atoms with Gasteiger partial charge in [-0.25, -0.2) is 4.79 Å².